The van der Waals surface area contributed by atoms with E-state index in [1.54, 1.807) is 6.07 Å². The second-order valence-corrected chi connectivity index (χ2v) is 4.53. The first-order valence-corrected chi connectivity index (χ1v) is 6.22. The number of nitrogens with one attached hydrogen (secondary N) is 1. The number of nitrogens with zero attached hydrogens (tertiary/aromatic N) is 1. The quantitative estimate of drug-likeness (QED) is 0.671. The van der Waals surface area contributed by atoms with Crippen molar-refractivity contribution < 1.29 is 4.92 Å². The van der Waals surface area contributed by atoms with Crippen LogP contribution in [0, 0.1) is 10.1 Å². The molecule has 0 radical (unpaired) electrons. The van der Waals surface area contributed by atoms with Crippen LogP contribution in [0.3, 0.4) is 0 Å². The molecule has 0 unspecified atom stereocenters. The van der Waals surface area contributed by atoms with Gasteiger partial charge in [-0.05, 0) is 17.2 Å². The minimum Gasteiger partial charge on any atom is -0.309 e. The van der Waals surface area contributed by atoms with E-state index in [4.69, 9.17) is 11.6 Å². The SMILES string of the molecule is O=[N+]([O-])c1ccc(CNCc2ccccc2)c(Cl)c1. The van der Waals surface area contributed by atoms with E-state index in [1.807, 2.05) is 30.3 Å². The van der Waals surface area contributed by atoms with Crippen molar-refractivity contribution >= 4 is 17.3 Å². The highest BCUT2D eigenvalue weighted by molar-refractivity contribution is 6.31. The Hall–Kier alpha value is -1.91. The van der Waals surface area contributed by atoms with Gasteiger partial charge in [-0.15, -0.1) is 0 Å². The number of non-ortho nitro benzene ring substituents is 1. The lowest BCUT2D eigenvalue weighted by atomic mass is 10.2. The summed E-state index contributed by atoms with van der Waals surface area (Å²) >= 11 is 6.01. The summed E-state index contributed by atoms with van der Waals surface area (Å²) in [6, 6.07) is 14.5. The van der Waals surface area contributed by atoms with E-state index in [0.717, 1.165) is 12.1 Å². The van der Waals surface area contributed by atoms with Crippen LogP contribution in [0.5, 0.6) is 0 Å². The number of rotatable bonds is 5. The Morgan fingerprint density at radius 3 is 2.47 bits per heavy atom. The normalized spacial score (nSPS) is 10.4. The molecule has 0 aromatic heterocycles. The summed E-state index contributed by atoms with van der Waals surface area (Å²) in [5.74, 6) is 0. The van der Waals surface area contributed by atoms with Gasteiger partial charge in [-0.1, -0.05) is 41.9 Å². The summed E-state index contributed by atoms with van der Waals surface area (Å²) < 4.78 is 0. The van der Waals surface area contributed by atoms with E-state index in [2.05, 4.69) is 5.32 Å². The number of nitro groups is 1. The zero-order valence-electron chi connectivity index (χ0n) is 10.2. The third-order valence-corrected chi connectivity index (χ3v) is 3.09. The standard InChI is InChI=1S/C14H13ClN2O2/c15-14-8-13(17(18)19)7-6-12(14)10-16-9-11-4-2-1-3-5-11/h1-8,16H,9-10H2. The van der Waals surface area contributed by atoms with Crippen LogP contribution in [0.25, 0.3) is 0 Å². The molecule has 2 aromatic rings. The van der Waals surface area contributed by atoms with Gasteiger partial charge in [0.2, 0.25) is 0 Å². The molecule has 0 aliphatic carbocycles. The Balaban J connectivity index is 1.95. The van der Waals surface area contributed by atoms with E-state index < -0.39 is 4.92 Å². The third kappa shape index (κ3) is 3.77. The summed E-state index contributed by atoms with van der Waals surface area (Å²) in [7, 11) is 0. The molecule has 0 aliphatic rings. The minimum atomic E-state index is -0.451. The van der Waals surface area contributed by atoms with Crippen molar-refractivity contribution in [3.05, 3.63) is 74.8 Å². The Morgan fingerprint density at radius 1 is 1.11 bits per heavy atom. The Bertz CT molecular complexity index is 573. The molecular formula is C14H13ClN2O2. The average molecular weight is 277 g/mol. The molecule has 0 spiro atoms. The summed E-state index contributed by atoms with van der Waals surface area (Å²) in [6.45, 7) is 1.31. The van der Waals surface area contributed by atoms with Gasteiger partial charge in [0.05, 0.1) is 9.95 Å². The fourth-order valence-electron chi connectivity index (χ4n) is 1.73. The molecular weight excluding hydrogens is 264 g/mol. The molecule has 0 amide bonds. The lowest BCUT2D eigenvalue weighted by molar-refractivity contribution is -0.384. The maximum atomic E-state index is 10.6. The van der Waals surface area contributed by atoms with Crippen LogP contribution in [-0.2, 0) is 13.1 Å². The molecule has 19 heavy (non-hydrogen) atoms. The summed E-state index contributed by atoms with van der Waals surface area (Å²) in [4.78, 5) is 10.1. The summed E-state index contributed by atoms with van der Waals surface area (Å²) in [5, 5.41) is 14.3. The Morgan fingerprint density at radius 2 is 1.84 bits per heavy atom. The van der Waals surface area contributed by atoms with E-state index in [1.165, 1.54) is 17.7 Å². The second kappa shape index (κ2) is 6.31. The molecule has 5 heteroatoms. The molecule has 98 valence electrons. The average Bonchev–Trinajstić information content (AvgIpc) is 2.41. The maximum Gasteiger partial charge on any atom is 0.270 e. The molecule has 0 atom stereocenters. The van der Waals surface area contributed by atoms with Crippen molar-refractivity contribution in [1.82, 2.24) is 5.32 Å². The van der Waals surface area contributed by atoms with Gasteiger partial charge in [0, 0.05) is 25.2 Å². The van der Waals surface area contributed by atoms with Crippen molar-refractivity contribution in [3.63, 3.8) is 0 Å². The molecule has 2 rings (SSSR count). The van der Waals surface area contributed by atoms with Crippen molar-refractivity contribution in [3.8, 4) is 0 Å². The highest BCUT2D eigenvalue weighted by atomic mass is 35.5. The summed E-state index contributed by atoms with van der Waals surface area (Å²) in [5.41, 5.74) is 2.04. The van der Waals surface area contributed by atoms with Gasteiger partial charge in [0.25, 0.3) is 5.69 Å². The molecule has 1 N–H and O–H groups in total. The molecule has 0 aliphatic heterocycles. The van der Waals surface area contributed by atoms with Gasteiger partial charge >= 0.3 is 0 Å². The Kier molecular flexibility index (Phi) is 4.49. The van der Waals surface area contributed by atoms with Crippen molar-refractivity contribution in [2.24, 2.45) is 0 Å². The largest absolute Gasteiger partial charge is 0.309 e. The fraction of sp³-hybridized carbons (Fsp3) is 0.143. The van der Waals surface area contributed by atoms with Crippen LogP contribution < -0.4 is 5.32 Å². The first-order chi connectivity index (χ1) is 9.16. The first-order valence-electron chi connectivity index (χ1n) is 5.84. The van der Waals surface area contributed by atoms with Crippen LogP contribution in [-0.4, -0.2) is 4.92 Å². The van der Waals surface area contributed by atoms with Gasteiger partial charge in [-0.25, -0.2) is 0 Å². The second-order valence-electron chi connectivity index (χ2n) is 4.12. The molecule has 0 saturated heterocycles. The van der Waals surface area contributed by atoms with Crippen molar-refractivity contribution in [1.29, 1.82) is 0 Å². The molecule has 0 heterocycles. The van der Waals surface area contributed by atoms with E-state index in [0.29, 0.717) is 11.6 Å². The third-order valence-electron chi connectivity index (χ3n) is 2.73. The topological polar surface area (TPSA) is 55.2 Å². The predicted octanol–water partition coefficient (Wildman–Crippen LogP) is 3.54. The molecule has 0 bridgehead atoms. The Labute approximate surface area is 116 Å². The zero-order chi connectivity index (χ0) is 13.7. The van der Waals surface area contributed by atoms with Crippen molar-refractivity contribution in [2.45, 2.75) is 13.1 Å². The smallest absolute Gasteiger partial charge is 0.270 e. The molecule has 4 nitrogen and oxygen atoms in total. The number of nitro benzene ring substituents is 1. The van der Waals surface area contributed by atoms with Gasteiger partial charge < -0.3 is 5.32 Å². The minimum absolute atomic E-state index is 0.0109. The van der Waals surface area contributed by atoms with E-state index >= 15 is 0 Å². The monoisotopic (exact) mass is 276 g/mol. The number of halogens is 1. The molecule has 2 aromatic carbocycles. The molecule has 0 saturated carbocycles. The number of benzene rings is 2. The highest BCUT2D eigenvalue weighted by Crippen LogP contribution is 2.22. The van der Waals surface area contributed by atoms with Crippen LogP contribution in [0.1, 0.15) is 11.1 Å². The van der Waals surface area contributed by atoms with Gasteiger partial charge in [0.15, 0.2) is 0 Å². The first kappa shape index (κ1) is 13.5. The lowest BCUT2D eigenvalue weighted by Gasteiger charge is -2.06. The van der Waals surface area contributed by atoms with Gasteiger partial charge in [0.1, 0.15) is 0 Å². The van der Waals surface area contributed by atoms with Crippen molar-refractivity contribution in [2.75, 3.05) is 0 Å². The zero-order valence-corrected chi connectivity index (χ0v) is 10.9. The van der Waals surface area contributed by atoms with Crippen LogP contribution >= 0.6 is 11.6 Å². The molecule has 0 fully saturated rings. The van der Waals surface area contributed by atoms with Gasteiger partial charge in [-0.3, -0.25) is 10.1 Å². The van der Waals surface area contributed by atoms with E-state index in [9.17, 15) is 10.1 Å². The van der Waals surface area contributed by atoms with Gasteiger partial charge in [-0.2, -0.15) is 0 Å². The predicted molar refractivity (Wildman–Crippen MR) is 75.1 cm³/mol. The summed E-state index contributed by atoms with van der Waals surface area (Å²) in [6.07, 6.45) is 0. The fourth-order valence-corrected chi connectivity index (χ4v) is 1.97. The van der Waals surface area contributed by atoms with Crippen LogP contribution in [0.4, 0.5) is 5.69 Å². The maximum absolute atomic E-state index is 10.6. The lowest BCUT2D eigenvalue weighted by Crippen LogP contribution is -2.12. The highest BCUT2D eigenvalue weighted by Gasteiger charge is 2.08. The van der Waals surface area contributed by atoms with Crippen LogP contribution in [0.15, 0.2) is 48.5 Å². The van der Waals surface area contributed by atoms with E-state index in [-0.39, 0.29) is 5.69 Å². The van der Waals surface area contributed by atoms with Crippen LogP contribution in [0.2, 0.25) is 5.02 Å². The number of hydrogen-bond acceptors (Lipinski definition) is 3. The number of hydrogen-bond donors (Lipinski definition) is 1.